The first kappa shape index (κ1) is 53.3. The highest BCUT2D eigenvalue weighted by Gasteiger charge is 2.33. The number of benzene rings is 7. The van der Waals surface area contributed by atoms with Crippen LogP contribution in [-0.2, 0) is 0 Å². The number of hydrogen-bond acceptors (Lipinski definition) is 2. The van der Waals surface area contributed by atoms with Crippen molar-refractivity contribution < 1.29 is 0 Å². The largest absolute Gasteiger partial charge is 0.312 e. The second-order valence-electron chi connectivity index (χ2n) is 19.0. The Morgan fingerprint density at radius 1 is 0.179 bits per heavy atom. The Balaban J connectivity index is 1.33. The van der Waals surface area contributed by atoms with E-state index in [1.54, 1.807) is 0 Å². The number of imidazole rings is 4. The van der Waals surface area contributed by atoms with Crippen molar-refractivity contribution in [1.29, 1.82) is 0 Å². The lowest BCUT2D eigenvalue weighted by molar-refractivity contribution is 1.12. The third kappa shape index (κ3) is 6.22. The lowest BCUT2D eigenvalue weighted by Gasteiger charge is -2.27. The molecule has 0 aliphatic carbocycles. The average Bonchev–Trinajstić information content (AvgIpc) is 4.40. The normalized spacial score (nSPS) is 12.2. The van der Waals surface area contributed by atoms with Crippen LogP contribution in [0.4, 0.5) is 0 Å². The molecule has 7 nitrogen and oxygen atoms in total. The summed E-state index contributed by atoms with van der Waals surface area (Å²) in [5.41, 5.74) is -3.14. The van der Waals surface area contributed by atoms with Crippen LogP contribution in [0, 0.1) is 0 Å². The topological polar surface area (TPSA) is 49.4 Å². The molecule has 5 heterocycles. The first-order chi connectivity index (χ1) is 36.6. The molecule has 54 radical (unpaired) electrons. The second-order valence-corrected chi connectivity index (χ2v) is 19.0. The number of hydrogen-bond donors (Lipinski definition) is 0. The minimum atomic E-state index is -0.265. The molecule has 0 spiro atoms. The zero-order chi connectivity index (χ0) is 56.7. The van der Waals surface area contributed by atoms with Gasteiger partial charge >= 0.3 is 0 Å². The SMILES string of the molecule is [B]c1c([B])c(-n2c3c([B])c([B])c([B])c([B])c3c3c([B])c([B])c([B])c([B])c32)c([B])c(-n2c3c([B])c([B])c(-n4c5c([B])c([B])c([B])c([B])c5n5c6c([B])c([B])c([B])c([B])c6nc45)c([B])c3n3c4c([B])c([B])c([B])c([B])c4nc23)c1[B]. The Kier molecular flexibility index (Phi) is 11.8. The van der Waals surface area contributed by atoms with Crippen LogP contribution in [0.5, 0.6) is 0 Å². The summed E-state index contributed by atoms with van der Waals surface area (Å²) in [7, 11) is 183. The van der Waals surface area contributed by atoms with Gasteiger partial charge in [-0.2, -0.15) is 0 Å². The Bertz CT molecular complexity index is 4870. The van der Waals surface area contributed by atoms with Crippen LogP contribution in [0.2, 0.25) is 0 Å². The van der Waals surface area contributed by atoms with Gasteiger partial charge in [-0.05, 0) is 16.2 Å². The molecule has 0 saturated carbocycles. The van der Waals surface area contributed by atoms with Crippen LogP contribution in [0.15, 0.2) is 0 Å². The maximum atomic E-state index is 7.55. The molecule has 0 aliphatic heterocycles. The summed E-state index contributed by atoms with van der Waals surface area (Å²) in [5, 5.41) is 0.294. The van der Waals surface area contributed by atoms with Crippen molar-refractivity contribution in [3.63, 3.8) is 0 Å². The van der Waals surface area contributed by atoms with Gasteiger partial charge in [0.15, 0.2) is 0 Å². The predicted molar refractivity (Wildman–Crippen MR) is 352 cm³/mol. The van der Waals surface area contributed by atoms with Crippen molar-refractivity contribution in [2.45, 2.75) is 0 Å². The van der Waals surface area contributed by atoms with Gasteiger partial charge in [-0.25, -0.2) is 9.97 Å². The van der Waals surface area contributed by atoms with Gasteiger partial charge < -0.3 is 4.57 Å². The molecule has 0 bridgehead atoms. The maximum Gasteiger partial charge on any atom is 0.220 e. The number of aromatic nitrogens is 7. The van der Waals surface area contributed by atoms with Gasteiger partial charge in [0.2, 0.25) is 11.6 Å². The smallest absolute Gasteiger partial charge is 0.220 e. The molecular weight excluding hydrogens is 918 g/mol. The summed E-state index contributed by atoms with van der Waals surface area (Å²) in [6, 6.07) is 0. The zero-order valence-corrected chi connectivity index (χ0v) is 40.7. The maximum absolute atomic E-state index is 7.55. The van der Waals surface area contributed by atoms with Crippen molar-refractivity contribution in [1.82, 2.24) is 32.5 Å². The second kappa shape index (κ2) is 17.3. The van der Waals surface area contributed by atoms with E-state index in [-0.39, 0.29) is 242 Å². The van der Waals surface area contributed by atoms with Crippen LogP contribution in [0.25, 0.3) is 94.6 Å². The molecule has 0 fully saturated rings. The van der Waals surface area contributed by atoms with Gasteiger partial charge in [0.1, 0.15) is 212 Å². The van der Waals surface area contributed by atoms with Crippen molar-refractivity contribution in [3.8, 4) is 17.1 Å². The van der Waals surface area contributed by atoms with Gasteiger partial charge in [0.05, 0.1) is 44.1 Å². The van der Waals surface area contributed by atoms with E-state index < -0.39 is 0 Å². The van der Waals surface area contributed by atoms with Gasteiger partial charge in [-0.1, -0.05) is 81.9 Å². The van der Waals surface area contributed by atoms with Crippen LogP contribution in [0.1, 0.15) is 0 Å². The van der Waals surface area contributed by atoms with Crippen LogP contribution in [0.3, 0.4) is 0 Å². The predicted octanol–water partition coefficient (Wildman–Crippen LogP) is -22.3. The van der Waals surface area contributed by atoms with E-state index in [1.165, 1.54) is 22.5 Å². The van der Waals surface area contributed by atoms with Crippen molar-refractivity contribution in [2.24, 2.45) is 0 Å². The third-order valence-corrected chi connectivity index (χ3v) is 15.1. The molecule has 0 amide bonds. The molecule has 78 heavy (non-hydrogen) atoms. The molecule has 7 aromatic carbocycles. The van der Waals surface area contributed by atoms with E-state index in [9.17, 15) is 0 Å². The molecular formula is C44B27N7. The van der Waals surface area contributed by atoms with E-state index in [1.807, 2.05) is 0 Å². The number of fused-ring (bicyclic) bond motifs is 13. The fraction of sp³-hybridized carbons (Fsp3) is 0. The van der Waals surface area contributed by atoms with E-state index in [2.05, 4.69) is 0 Å². The molecule has 0 unspecified atom stereocenters. The fourth-order valence-electron chi connectivity index (χ4n) is 11.1. The van der Waals surface area contributed by atoms with E-state index in [0.717, 1.165) is 0 Å². The minimum Gasteiger partial charge on any atom is -0.312 e. The van der Waals surface area contributed by atoms with Crippen LogP contribution >= 0.6 is 0 Å². The van der Waals surface area contributed by atoms with Crippen molar-refractivity contribution in [3.05, 3.63) is 0 Å². The highest BCUT2D eigenvalue weighted by molar-refractivity contribution is 6.74. The molecule has 34 heteroatoms. The molecule has 0 aliphatic rings. The number of rotatable bonds is 3. The van der Waals surface area contributed by atoms with Gasteiger partial charge in [0.25, 0.3) is 0 Å². The first-order valence-electron chi connectivity index (χ1n) is 22.8. The Morgan fingerprint density at radius 3 is 0.808 bits per heavy atom. The van der Waals surface area contributed by atoms with E-state index in [4.69, 9.17) is 222 Å². The fourth-order valence-corrected chi connectivity index (χ4v) is 11.1. The van der Waals surface area contributed by atoms with E-state index >= 15 is 0 Å². The summed E-state index contributed by atoms with van der Waals surface area (Å²) < 4.78 is 7.22. The summed E-state index contributed by atoms with van der Waals surface area (Å²) in [6.45, 7) is 0. The summed E-state index contributed by atoms with van der Waals surface area (Å²) in [4.78, 5) is 9.91. The summed E-state index contributed by atoms with van der Waals surface area (Å²) >= 11 is 0. The lowest BCUT2D eigenvalue weighted by atomic mass is 9.63. The van der Waals surface area contributed by atoms with Gasteiger partial charge in [-0.15, -0.1) is 60.1 Å². The Morgan fingerprint density at radius 2 is 0.423 bits per heavy atom. The Labute approximate surface area is 483 Å². The molecule has 0 atom stereocenters. The highest BCUT2D eigenvalue weighted by Crippen LogP contribution is 2.31. The number of nitrogens with zero attached hydrogens (tertiary/aromatic N) is 7. The summed E-state index contributed by atoms with van der Waals surface area (Å²) in [6.07, 6.45) is 0. The van der Waals surface area contributed by atoms with Gasteiger partial charge in [0, 0.05) is 28.1 Å². The quantitative estimate of drug-likeness (QED) is 0.166. The van der Waals surface area contributed by atoms with Crippen LogP contribution < -0.4 is 147 Å². The van der Waals surface area contributed by atoms with Crippen LogP contribution in [-0.4, -0.2) is 244 Å². The highest BCUT2D eigenvalue weighted by atomic mass is 15.2. The average molecular weight is 918 g/mol. The molecule has 12 aromatic rings. The minimum absolute atomic E-state index is 0.00352. The molecule has 0 N–H and O–H groups in total. The first-order valence-corrected chi connectivity index (χ1v) is 22.8. The summed E-state index contributed by atoms with van der Waals surface area (Å²) in [5.74, 6) is -0.118. The Hall–Kier alpha value is -5.37. The third-order valence-electron chi connectivity index (χ3n) is 15.1. The van der Waals surface area contributed by atoms with E-state index in [0.29, 0.717) is 0 Å². The zero-order valence-electron chi connectivity index (χ0n) is 40.7. The monoisotopic (exact) mass is 923 g/mol. The standard InChI is InChI=1S/C44B27N7/c45-3-1-2-4(46)6(48)10(52)19(61)33(2)74(32(1)18(60)9(51)5(3)47)34-20(62)15(57)21(63)35(28(34)70)75-41-27(69)26(68)36(29(71)42(41)78-38-23(65)12(54)8(50)17(59)31(38)73-44(75)78)76-39-24(66)13(55)14(56)25(67)40(39)77-37-22(64)11(53)7(49)16(58)30(37)72-43(76)77. The van der Waals surface area contributed by atoms with Gasteiger partial charge in [-0.3, -0.25) is 17.9 Å². The lowest BCUT2D eigenvalue weighted by Crippen LogP contribution is -2.50. The molecule has 292 valence electrons. The van der Waals surface area contributed by atoms with Crippen molar-refractivity contribution >= 4 is 437 Å². The molecule has 0 saturated heterocycles. The van der Waals surface area contributed by atoms with Crippen molar-refractivity contribution in [2.75, 3.05) is 0 Å². The molecule has 5 aromatic heterocycles. The molecule has 12 rings (SSSR count).